The van der Waals surface area contributed by atoms with Gasteiger partial charge in [-0.2, -0.15) is 0 Å². The first-order chi connectivity index (χ1) is 5.15. The van der Waals surface area contributed by atoms with Crippen LogP contribution in [0.5, 0.6) is 0 Å². The summed E-state index contributed by atoms with van der Waals surface area (Å²) in [5, 5.41) is 10.8. The number of hydrogen-bond donors (Lipinski definition) is 2. The van der Waals surface area contributed by atoms with Crippen LogP contribution in [0.25, 0.3) is 0 Å². The molecule has 0 aromatic carbocycles. The van der Waals surface area contributed by atoms with E-state index in [1.165, 1.54) is 24.9 Å². The fourth-order valence-corrected chi connectivity index (χ4v) is 0.112. The summed E-state index contributed by atoms with van der Waals surface area (Å²) in [7, 11) is 1.80. The van der Waals surface area contributed by atoms with Crippen molar-refractivity contribution < 1.29 is 24.5 Å². The fraction of sp³-hybridized carbons (Fsp3) is 0.625. The van der Waals surface area contributed by atoms with E-state index >= 15 is 0 Å². The summed E-state index contributed by atoms with van der Waals surface area (Å²) in [6.45, 7) is 8.43. The van der Waals surface area contributed by atoms with Crippen molar-refractivity contribution in [2.75, 3.05) is 20.2 Å². The van der Waals surface area contributed by atoms with Crippen molar-refractivity contribution in [2.24, 2.45) is 0 Å². The number of aliphatic hydroxyl groups is 1. The van der Waals surface area contributed by atoms with Gasteiger partial charge in [0.15, 0.2) is 0 Å². The summed E-state index contributed by atoms with van der Waals surface area (Å²) < 4.78 is 0. The Labute approximate surface area is 81.1 Å². The van der Waals surface area contributed by atoms with Crippen LogP contribution >= 0.6 is 0 Å². The van der Waals surface area contributed by atoms with Crippen LogP contribution in [0, 0.1) is 0 Å². The monoisotopic (exact) mass is 329 g/mol. The van der Waals surface area contributed by atoms with Crippen LogP contribution in [-0.4, -0.2) is 30.2 Å². The summed E-state index contributed by atoms with van der Waals surface area (Å²) in [6, 6.07) is 0. The van der Waals surface area contributed by atoms with E-state index in [4.69, 9.17) is 5.11 Å². The molecule has 0 saturated heterocycles. The average molecular weight is 329 g/mol. The molecule has 0 aliphatic rings. The van der Waals surface area contributed by atoms with Gasteiger partial charge >= 0.3 is 24.3 Å². The standard InChI is InChI=1S/C4H8.C3H9NO.CH2.W/c1-4(2)3;1-4-2-3-5;;/h1H2,2-3H3;4-5H,2-3H2,1H3;1H2;. The van der Waals surface area contributed by atoms with E-state index < -0.39 is 0 Å². The molecule has 0 atom stereocenters. The number of nitrogens with one attached hydrogen (secondary N) is 1. The summed E-state index contributed by atoms with van der Waals surface area (Å²) in [4.78, 5) is 3.33. The molecule has 0 aromatic heterocycles. The molecule has 68 valence electrons. The van der Waals surface area contributed by atoms with E-state index in [1.54, 1.807) is 7.05 Å². The van der Waals surface area contributed by atoms with E-state index in [2.05, 4.69) is 16.8 Å². The predicted octanol–water partition coefficient (Wildman–Crippen LogP) is 0.746. The molecule has 11 heavy (non-hydrogen) atoms. The second-order valence-electron chi connectivity index (χ2n) is 2.03. The average Bonchev–Trinajstić information content (AvgIpc) is 1.93. The van der Waals surface area contributed by atoms with Gasteiger partial charge in [-0.25, -0.2) is 0 Å². The molecule has 0 rings (SSSR count). The van der Waals surface area contributed by atoms with Crippen LogP contribution in [-0.2, 0) is 19.4 Å². The molecule has 0 aromatic rings. The van der Waals surface area contributed by atoms with Gasteiger partial charge in [-0.1, -0.05) is 5.57 Å². The molecule has 0 spiro atoms. The minimum absolute atomic E-state index is 0.233. The Morgan fingerprint density at radius 2 is 1.73 bits per heavy atom. The van der Waals surface area contributed by atoms with Crippen molar-refractivity contribution in [3.63, 3.8) is 0 Å². The third-order valence-electron chi connectivity index (χ3n) is 0.362. The van der Waals surface area contributed by atoms with Crippen molar-refractivity contribution in [1.29, 1.82) is 0 Å². The Bertz CT molecular complexity index is 70.5. The Balaban J connectivity index is -0.0000000965. The van der Waals surface area contributed by atoms with E-state index in [-0.39, 0.29) is 6.61 Å². The molecule has 0 amide bonds. The van der Waals surface area contributed by atoms with Crippen LogP contribution in [0.4, 0.5) is 0 Å². The second kappa shape index (κ2) is 22.5. The van der Waals surface area contributed by atoms with Crippen molar-refractivity contribution >= 4 is 4.90 Å². The predicted molar refractivity (Wildman–Crippen MR) is 48.6 cm³/mol. The van der Waals surface area contributed by atoms with Gasteiger partial charge in [-0.3, -0.25) is 0 Å². The fourth-order valence-electron chi connectivity index (χ4n) is 0.112. The zero-order valence-electron chi connectivity index (χ0n) is 7.68. The zero-order valence-corrected chi connectivity index (χ0v) is 10.6. The zero-order chi connectivity index (χ0) is 9.70. The maximum absolute atomic E-state index is 8.00. The molecule has 3 heteroatoms. The van der Waals surface area contributed by atoms with E-state index in [0.717, 1.165) is 0 Å². The van der Waals surface area contributed by atoms with Crippen molar-refractivity contribution in [3.8, 4) is 0 Å². The molecular formula is C8H19NOW. The quantitative estimate of drug-likeness (QED) is 0.733. The van der Waals surface area contributed by atoms with Gasteiger partial charge in [0.25, 0.3) is 0 Å². The van der Waals surface area contributed by atoms with Gasteiger partial charge in [-0.05, 0) is 20.9 Å². The Kier molecular flexibility index (Phi) is 35.4. The second-order valence-corrected chi connectivity index (χ2v) is 2.03. The van der Waals surface area contributed by atoms with Crippen molar-refractivity contribution in [1.82, 2.24) is 5.32 Å². The van der Waals surface area contributed by atoms with Crippen LogP contribution in [0.1, 0.15) is 13.8 Å². The summed E-state index contributed by atoms with van der Waals surface area (Å²) in [5.74, 6) is 0. The van der Waals surface area contributed by atoms with Gasteiger partial charge in [0.1, 0.15) is 0 Å². The number of likely N-dealkylation sites (N-methyl/N-ethyl adjacent to an activating group) is 1. The molecule has 2 nitrogen and oxygen atoms in total. The Hall–Kier alpha value is 0.218. The van der Waals surface area contributed by atoms with Gasteiger partial charge in [-0.15, -0.1) is 6.58 Å². The van der Waals surface area contributed by atoms with Crippen LogP contribution in [0.3, 0.4) is 0 Å². The first kappa shape index (κ1) is 17.3. The van der Waals surface area contributed by atoms with Gasteiger partial charge in [0.05, 0.1) is 6.61 Å². The number of aliphatic hydroxyl groups excluding tert-OH is 1. The van der Waals surface area contributed by atoms with Crippen LogP contribution in [0.15, 0.2) is 12.2 Å². The van der Waals surface area contributed by atoms with E-state index in [9.17, 15) is 0 Å². The molecule has 0 saturated carbocycles. The van der Waals surface area contributed by atoms with Gasteiger partial charge in [0, 0.05) is 6.54 Å². The number of rotatable bonds is 2. The first-order valence-corrected chi connectivity index (χ1v) is 5.39. The molecule has 0 fully saturated rings. The number of hydrogen-bond acceptors (Lipinski definition) is 2. The van der Waals surface area contributed by atoms with Crippen molar-refractivity contribution in [3.05, 3.63) is 12.2 Å². The number of allylic oxidation sites excluding steroid dienone is 1. The Morgan fingerprint density at radius 1 is 1.45 bits per heavy atom. The van der Waals surface area contributed by atoms with Crippen LogP contribution < -0.4 is 5.32 Å². The summed E-state index contributed by atoms with van der Waals surface area (Å²) in [5.41, 5.74) is 1.17. The molecule has 0 radical (unpaired) electrons. The summed E-state index contributed by atoms with van der Waals surface area (Å²) >= 11 is 1.33. The van der Waals surface area contributed by atoms with Gasteiger partial charge < -0.3 is 10.4 Å². The topological polar surface area (TPSA) is 32.3 Å². The third kappa shape index (κ3) is 140. The maximum atomic E-state index is 8.00. The SMILES string of the molecule is C=C(C)C.CNCCO.[CH2]=[W]. The van der Waals surface area contributed by atoms with Crippen LogP contribution in [0.2, 0.25) is 0 Å². The minimum atomic E-state index is 0.233. The first-order valence-electron chi connectivity index (χ1n) is 3.31. The molecule has 2 N–H and O–H groups in total. The molecule has 0 bridgehead atoms. The van der Waals surface area contributed by atoms with Crippen molar-refractivity contribution in [2.45, 2.75) is 13.8 Å². The normalized spacial score (nSPS) is 6.55. The summed E-state index contributed by atoms with van der Waals surface area (Å²) in [6.07, 6.45) is 0. The third-order valence-corrected chi connectivity index (χ3v) is 0.362. The molecule has 0 unspecified atom stereocenters. The van der Waals surface area contributed by atoms with E-state index in [1.807, 2.05) is 13.8 Å². The van der Waals surface area contributed by atoms with E-state index in [0.29, 0.717) is 6.54 Å². The Morgan fingerprint density at radius 3 is 1.73 bits per heavy atom. The molecular weight excluding hydrogens is 310 g/mol. The van der Waals surface area contributed by atoms with Gasteiger partial charge in [0.2, 0.25) is 0 Å². The molecule has 0 heterocycles. The molecule has 0 aliphatic carbocycles. The molecule has 0 aliphatic heterocycles.